The molecule has 8 heteroatoms. The zero-order chi connectivity index (χ0) is 27.1. The Morgan fingerprint density at radius 2 is 1.28 bits per heavy atom. The number of rotatable bonds is 27. The van der Waals surface area contributed by atoms with Gasteiger partial charge in [0.2, 0.25) is 8.46 Å². The van der Waals surface area contributed by atoms with E-state index in [1.54, 1.807) is 0 Å². The van der Waals surface area contributed by atoms with Gasteiger partial charge in [-0.3, -0.25) is 4.57 Å². The van der Waals surface area contributed by atoms with Crippen molar-refractivity contribution < 1.29 is 29.0 Å². The molecule has 0 saturated carbocycles. The van der Waals surface area contributed by atoms with E-state index in [0.29, 0.717) is 12.3 Å². The Morgan fingerprint density at radius 1 is 0.833 bits per heavy atom. The number of aliphatic carboxylic acids is 1. The largest absolute Gasteiger partial charge is 0.478 e. The summed E-state index contributed by atoms with van der Waals surface area (Å²) in [6.07, 6.45) is 22.6. The molecule has 0 heterocycles. The van der Waals surface area contributed by atoms with Gasteiger partial charge >= 0.3 is 5.97 Å². The molecule has 36 heavy (non-hydrogen) atoms. The number of unbranched alkanes of at least 4 members (excludes halogenated alkanes) is 13. The maximum atomic E-state index is 11.1. The van der Waals surface area contributed by atoms with Crippen LogP contribution in [0.1, 0.15) is 143 Å². The average molecular weight is 551 g/mol. The Morgan fingerprint density at radius 3 is 1.67 bits per heavy atom. The molecule has 6 nitrogen and oxygen atoms in total. The minimum atomic E-state index is -2.46. The maximum Gasteiger partial charge on any atom is 0.350 e. The molecule has 4 unspecified atom stereocenters. The molecule has 0 saturated heterocycles. The van der Waals surface area contributed by atoms with Crippen LogP contribution in [0.4, 0.5) is 0 Å². The van der Waals surface area contributed by atoms with Gasteiger partial charge in [0.15, 0.2) is 6.29 Å². The molecule has 0 amide bonds. The minimum Gasteiger partial charge on any atom is -0.478 e. The molecule has 2 N–H and O–H groups in total. The van der Waals surface area contributed by atoms with Crippen molar-refractivity contribution in [3.63, 3.8) is 0 Å². The lowest BCUT2D eigenvalue weighted by Gasteiger charge is -2.26. The molecular formula is C28H55O6PS. The predicted molar refractivity (Wildman–Crippen MR) is 152 cm³/mol. The van der Waals surface area contributed by atoms with E-state index in [-0.39, 0.29) is 5.44 Å². The third kappa shape index (κ3) is 19.0. The number of hydrogen-bond donors (Lipinski definition) is 3. The van der Waals surface area contributed by atoms with Gasteiger partial charge in [0, 0.05) is 0 Å². The van der Waals surface area contributed by atoms with E-state index in [9.17, 15) is 14.5 Å². The van der Waals surface area contributed by atoms with Crippen LogP contribution in [0.3, 0.4) is 0 Å². The van der Waals surface area contributed by atoms with Crippen molar-refractivity contribution in [3.05, 3.63) is 0 Å². The Hall–Kier alpha value is -0.200. The molecule has 0 aromatic carbocycles. The fourth-order valence-corrected chi connectivity index (χ4v) is 5.08. The molecule has 0 aromatic heterocycles. The molecule has 0 aliphatic rings. The summed E-state index contributed by atoms with van der Waals surface area (Å²) < 4.78 is 22.5. The highest BCUT2D eigenvalue weighted by Gasteiger charge is 2.39. The highest BCUT2D eigenvalue weighted by molar-refractivity contribution is 7.80. The van der Waals surface area contributed by atoms with Crippen LogP contribution in [0, 0.1) is 5.92 Å². The second-order valence-corrected chi connectivity index (χ2v) is 11.7. The van der Waals surface area contributed by atoms with Gasteiger partial charge in [0.05, 0.1) is 0 Å². The first-order chi connectivity index (χ1) is 17.3. The van der Waals surface area contributed by atoms with Crippen molar-refractivity contribution in [1.29, 1.82) is 0 Å². The normalized spacial score (nSPS) is 16.0. The summed E-state index contributed by atoms with van der Waals surface area (Å²) in [7, 11) is -0.908. The van der Waals surface area contributed by atoms with Crippen LogP contribution in [0.25, 0.3) is 0 Å². The molecule has 0 bridgehead atoms. The van der Waals surface area contributed by atoms with Crippen molar-refractivity contribution in [2.45, 2.75) is 160 Å². The summed E-state index contributed by atoms with van der Waals surface area (Å²) in [5, 5.41) is 16.5. The molecule has 0 aliphatic carbocycles. The Labute approximate surface area is 228 Å². The summed E-state index contributed by atoms with van der Waals surface area (Å²) in [6, 6.07) is 0. The second-order valence-electron chi connectivity index (χ2n) is 10.2. The molecule has 0 fully saturated rings. The number of thiol groups is 1. The molecule has 0 spiro atoms. The fraction of sp³-hybridized carbons (Fsp3) is 0.964. The summed E-state index contributed by atoms with van der Waals surface area (Å²) >= 11 is 4.66. The average Bonchev–Trinajstić information content (AvgIpc) is 2.86. The first kappa shape index (κ1) is 35.8. The number of carboxylic acids is 1. The van der Waals surface area contributed by atoms with Gasteiger partial charge in [0.1, 0.15) is 12.0 Å². The molecule has 0 radical (unpaired) electrons. The highest BCUT2D eigenvalue weighted by Crippen LogP contribution is 2.27. The first-order valence-electron chi connectivity index (χ1n) is 14.6. The lowest BCUT2D eigenvalue weighted by atomic mass is 9.91. The van der Waals surface area contributed by atoms with E-state index >= 15 is 0 Å². The topological polar surface area (TPSA) is 93.1 Å². The van der Waals surface area contributed by atoms with Gasteiger partial charge in [-0.1, -0.05) is 130 Å². The number of ether oxygens (including phenoxy) is 2. The highest BCUT2D eigenvalue weighted by atomic mass is 32.1. The van der Waals surface area contributed by atoms with Crippen molar-refractivity contribution in [1.82, 2.24) is 0 Å². The first-order valence-corrected chi connectivity index (χ1v) is 15.9. The van der Waals surface area contributed by atoms with Crippen LogP contribution in [-0.2, 0) is 18.8 Å². The zero-order valence-electron chi connectivity index (χ0n) is 23.3. The predicted octanol–water partition coefficient (Wildman–Crippen LogP) is 8.75. The lowest BCUT2D eigenvalue weighted by Crippen LogP contribution is -2.39. The Kier molecular flexibility index (Phi) is 23.8. The monoisotopic (exact) mass is 550 g/mol. The standard InChI is InChI=1S/C28H55O6PS/c1-4-7-9-11-13-14-15-17-19-21-24(20-18-16-12-10-8-5-2)22-26(36)34-25(6-3)33-23-28(31,35-32)27(29)30/h24-26,31,36H,4-23H2,1-3H3,(H,29,30). The summed E-state index contributed by atoms with van der Waals surface area (Å²) in [6.45, 7) is 5.75. The van der Waals surface area contributed by atoms with Crippen molar-refractivity contribution in [2.24, 2.45) is 5.92 Å². The van der Waals surface area contributed by atoms with E-state index in [2.05, 4.69) is 26.5 Å². The van der Waals surface area contributed by atoms with Gasteiger partial charge in [-0.25, -0.2) is 4.79 Å². The van der Waals surface area contributed by atoms with Crippen LogP contribution >= 0.6 is 21.1 Å². The Bertz CT molecular complexity index is 538. The van der Waals surface area contributed by atoms with Gasteiger partial charge < -0.3 is 19.7 Å². The van der Waals surface area contributed by atoms with E-state index in [0.717, 1.165) is 6.42 Å². The van der Waals surface area contributed by atoms with E-state index in [1.165, 1.54) is 109 Å². The van der Waals surface area contributed by atoms with Crippen LogP contribution < -0.4 is 0 Å². The lowest BCUT2D eigenvalue weighted by molar-refractivity contribution is -0.183. The van der Waals surface area contributed by atoms with Gasteiger partial charge in [-0.2, -0.15) is 0 Å². The van der Waals surface area contributed by atoms with E-state index < -0.39 is 32.7 Å². The molecule has 214 valence electrons. The smallest absolute Gasteiger partial charge is 0.350 e. The summed E-state index contributed by atoms with van der Waals surface area (Å²) in [4.78, 5) is 11.1. The molecule has 0 rings (SSSR count). The van der Waals surface area contributed by atoms with Crippen LogP contribution in [-0.4, -0.2) is 39.9 Å². The third-order valence-corrected chi connectivity index (χ3v) is 7.78. The number of carbonyl (C=O) groups is 1. The molecular weight excluding hydrogens is 495 g/mol. The minimum absolute atomic E-state index is 0.332. The van der Waals surface area contributed by atoms with Gasteiger partial charge in [0.25, 0.3) is 5.34 Å². The maximum absolute atomic E-state index is 11.1. The van der Waals surface area contributed by atoms with Gasteiger partial charge in [-0.05, 0) is 18.8 Å². The quantitative estimate of drug-likeness (QED) is 0.0410. The summed E-state index contributed by atoms with van der Waals surface area (Å²) in [5.41, 5.74) is -0.332. The number of aliphatic hydroxyl groups is 1. The van der Waals surface area contributed by atoms with Crippen LogP contribution in [0.2, 0.25) is 0 Å². The van der Waals surface area contributed by atoms with Crippen molar-refractivity contribution in [2.75, 3.05) is 6.61 Å². The SMILES string of the molecule is CCCCCCCCCCCC(CCCCCCCC)CC(S)OC(CC)OCC(O)(P=O)C(=O)O. The molecule has 0 aromatic rings. The van der Waals surface area contributed by atoms with Gasteiger partial charge in [-0.15, -0.1) is 12.6 Å². The third-order valence-electron chi connectivity index (χ3n) is 6.82. The zero-order valence-corrected chi connectivity index (χ0v) is 25.1. The van der Waals surface area contributed by atoms with Crippen molar-refractivity contribution >= 4 is 27.1 Å². The van der Waals surface area contributed by atoms with Crippen LogP contribution in [0.5, 0.6) is 0 Å². The molecule has 4 atom stereocenters. The number of hydrogen-bond acceptors (Lipinski definition) is 6. The summed E-state index contributed by atoms with van der Waals surface area (Å²) in [5.74, 6) is -1.05. The molecule has 0 aliphatic heterocycles. The van der Waals surface area contributed by atoms with E-state index in [1.807, 2.05) is 6.92 Å². The Balaban J connectivity index is 4.54. The number of carboxylic acid groups (broad SMARTS) is 1. The van der Waals surface area contributed by atoms with Crippen molar-refractivity contribution in [3.8, 4) is 0 Å². The fourth-order valence-electron chi connectivity index (χ4n) is 4.44. The van der Waals surface area contributed by atoms with Crippen LogP contribution in [0.15, 0.2) is 0 Å². The van der Waals surface area contributed by atoms with E-state index in [4.69, 9.17) is 14.6 Å². The second kappa shape index (κ2) is 23.9.